The number of carbonyl (C=O) groups excluding carboxylic acids is 1. The van der Waals surface area contributed by atoms with Crippen molar-refractivity contribution in [2.24, 2.45) is 0 Å². The molecule has 0 bridgehead atoms. The molecular weight excluding hydrogens is 439 g/mol. The first-order valence-corrected chi connectivity index (χ1v) is 10.7. The van der Waals surface area contributed by atoms with Crippen molar-refractivity contribution in [3.05, 3.63) is 63.4 Å². The zero-order valence-electron chi connectivity index (χ0n) is 15.6. The van der Waals surface area contributed by atoms with Gasteiger partial charge in [-0.05, 0) is 30.3 Å². The molecule has 2 aromatic carbocycles. The van der Waals surface area contributed by atoms with Gasteiger partial charge in [0, 0.05) is 44.0 Å². The zero-order chi connectivity index (χ0) is 21.9. The molecule has 12 heteroatoms. The van der Waals surface area contributed by atoms with Gasteiger partial charge in [0.25, 0.3) is 5.69 Å². The number of non-ortho nitro benzene ring substituents is 1. The summed E-state index contributed by atoms with van der Waals surface area (Å²) < 4.78 is 40.0. The Morgan fingerprint density at radius 1 is 1.13 bits per heavy atom. The van der Waals surface area contributed by atoms with E-state index in [2.05, 4.69) is 5.32 Å². The summed E-state index contributed by atoms with van der Waals surface area (Å²) in [7, 11) is -3.81. The van der Waals surface area contributed by atoms with Crippen LogP contribution in [0.1, 0.15) is 0 Å². The molecule has 1 N–H and O–H groups in total. The highest BCUT2D eigenvalue weighted by atomic mass is 35.5. The zero-order valence-corrected chi connectivity index (χ0v) is 17.2. The lowest BCUT2D eigenvalue weighted by atomic mass is 10.3. The van der Waals surface area contributed by atoms with E-state index in [0.717, 1.165) is 12.1 Å². The summed E-state index contributed by atoms with van der Waals surface area (Å²) in [5, 5.41) is 13.0. The SMILES string of the molecule is O=C(CN1CCN(S(=O)(=O)c2ccc(F)c(Cl)c2)CC1)Nc1ccc([N+](=O)[O-])cc1. The summed E-state index contributed by atoms with van der Waals surface area (Å²) in [4.78, 5) is 24.0. The van der Waals surface area contributed by atoms with Gasteiger partial charge in [-0.1, -0.05) is 11.6 Å². The van der Waals surface area contributed by atoms with Crippen LogP contribution in [0.2, 0.25) is 5.02 Å². The second-order valence-electron chi connectivity index (χ2n) is 6.61. The number of piperazine rings is 1. The molecule has 0 spiro atoms. The Morgan fingerprint density at radius 3 is 2.33 bits per heavy atom. The van der Waals surface area contributed by atoms with Gasteiger partial charge in [0.15, 0.2) is 0 Å². The van der Waals surface area contributed by atoms with Gasteiger partial charge in [-0.25, -0.2) is 12.8 Å². The Hall–Kier alpha value is -2.60. The summed E-state index contributed by atoms with van der Waals surface area (Å²) >= 11 is 5.69. The molecule has 160 valence electrons. The van der Waals surface area contributed by atoms with Crippen molar-refractivity contribution in [2.75, 3.05) is 38.0 Å². The lowest BCUT2D eigenvalue weighted by Gasteiger charge is -2.33. The van der Waals surface area contributed by atoms with E-state index in [4.69, 9.17) is 11.6 Å². The van der Waals surface area contributed by atoms with Crippen LogP contribution in [-0.2, 0) is 14.8 Å². The minimum absolute atomic E-state index is 0.0489. The summed E-state index contributed by atoms with van der Waals surface area (Å²) in [6, 6.07) is 8.72. The molecule has 1 saturated heterocycles. The van der Waals surface area contributed by atoms with Crippen LogP contribution in [-0.4, -0.2) is 61.2 Å². The molecule has 3 rings (SSSR count). The Morgan fingerprint density at radius 2 is 1.77 bits per heavy atom. The normalized spacial score (nSPS) is 15.7. The molecule has 2 aromatic rings. The molecule has 1 fully saturated rings. The fourth-order valence-corrected chi connectivity index (χ4v) is 4.68. The summed E-state index contributed by atoms with van der Waals surface area (Å²) in [6.07, 6.45) is 0. The smallest absolute Gasteiger partial charge is 0.269 e. The lowest BCUT2D eigenvalue weighted by molar-refractivity contribution is -0.384. The fraction of sp³-hybridized carbons (Fsp3) is 0.278. The van der Waals surface area contributed by atoms with E-state index >= 15 is 0 Å². The van der Waals surface area contributed by atoms with Crippen LogP contribution >= 0.6 is 11.6 Å². The molecule has 0 unspecified atom stereocenters. The second kappa shape index (κ2) is 9.04. The first-order valence-electron chi connectivity index (χ1n) is 8.88. The standard InChI is InChI=1S/C18H18ClFN4O5S/c19-16-11-15(5-6-17(16)20)30(28,29)23-9-7-22(8-10-23)12-18(25)21-13-1-3-14(4-2-13)24(26)27/h1-6,11H,7-10,12H2,(H,21,25). The quantitative estimate of drug-likeness (QED) is 0.527. The molecule has 1 heterocycles. The molecule has 1 amide bonds. The van der Waals surface area contributed by atoms with Crippen molar-refractivity contribution in [3.8, 4) is 0 Å². The van der Waals surface area contributed by atoms with Crippen molar-refractivity contribution in [3.63, 3.8) is 0 Å². The van der Waals surface area contributed by atoms with E-state index in [1.807, 2.05) is 0 Å². The molecule has 30 heavy (non-hydrogen) atoms. The number of rotatable bonds is 6. The number of hydrogen-bond acceptors (Lipinski definition) is 6. The van der Waals surface area contributed by atoms with Crippen LogP contribution < -0.4 is 5.32 Å². The lowest BCUT2D eigenvalue weighted by Crippen LogP contribution is -2.50. The highest BCUT2D eigenvalue weighted by Crippen LogP contribution is 2.23. The molecule has 9 nitrogen and oxygen atoms in total. The molecular formula is C18H18ClFN4O5S. The van der Waals surface area contributed by atoms with Crippen LogP contribution in [0.25, 0.3) is 0 Å². The molecule has 0 aliphatic carbocycles. The first-order chi connectivity index (χ1) is 14.2. The van der Waals surface area contributed by atoms with Gasteiger partial charge in [0.2, 0.25) is 15.9 Å². The van der Waals surface area contributed by atoms with Crippen LogP contribution in [0.15, 0.2) is 47.4 Å². The van der Waals surface area contributed by atoms with Gasteiger partial charge in [0.1, 0.15) is 5.82 Å². The fourth-order valence-electron chi connectivity index (χ4n) is 2.98. The molecule has 1 aliphatic rings. The number of nitro benzene ring substituents is 1. The summed E-state index contributed by atoms with van der Waals surface area (Å²) in [5.41, 5.74) is 0.354. The Labute approximate surface area is 177 Å². The second-order valence-corrected chi connectivity index (χ2v) is 8.95. The number of anilines is 1. The number of nitro groups is 1. The third-order valence-corrected chi connectivity index (χ3v) is 6.77. The van der Waals surface area contributed by atoms with E-state index in [-0.39, 0.29) is 41.1 Å². The first kappa shape index (κ1) is 22.1. The highest BCUT2D eigenvalue weighted by molar-refractivity contribution is 7.89. The van der Waals surface area contributed by atoms with E-state index in [0.29, 0.717) is 18.8 Å². The van der Waals surface area contributed by atoms with Crippen molar-refractivity contribution in [1.82, 2.24) is 9.21 Å². The number of hydrogen-bond donors (Lipinski definition) is 1. The number of sulfonamides is 1. The minimum Gasteiger partial charge on any atom is -0.325 e. The average Bonchev–Trinajstić information content (AvgIpc) is 2.70. The van der Waals surface area contributed by atoms with E-state index in [1.165, 1.54) is 34.6 Å². The van der Waals surface area contributed by atoms with Crippen LogP contribution in [0, 0.1) is 15.9 Å². The number of amides is 1. The number of nitrogens with one attached hydrogen (secondary N) is 1. The van der Waals surface area contributed by atoms with Crippen LogP contribution in [0.5, 0.6) is 0 Å². The van der Waals surface area contributed by atoms with Crippen molar-refractivity contribution in [1.29, 1.82) is 0 Å². The predicted octanol–water partition coefficient (Wildman–Crippen LogP) is 2.33. The van der Waals surface area contributed by atoms with Crippen LogP contribution in [0.3, 0.4) is 0 Å². The van der Waals surface area contributed by atoms with Gasteiger partial charge < -0.3 is 5.32 Å². The number of nitrogens with zero attached hydrogens (tertiary/aromatic N) is 3. The third kappa shape index (κ3) is 5.11. The molecule has 1 aliphatic heterocycles. The minimum atomic E-state index is -3.81. The Kier molecular flexibility index (Phi) is 6.66. The predicted molar refractivity (Wildman–Crippen MR) is 108 cm³/mol. The van der Waals surface area contributed by atoms with E-state index in [9.17, 15) is 27.7 Å². The summed E-state index contributed by atoms with van der Waals surface area (Å²) in [6.45, 7) is 1.06. The third-order valence-electron chi connectivity index (χ3n) is 4.59. The molecule has 0 radical (unpaired) electrons. The van der Waals surface area contributed by atoms with Crippen molar-refractivity contribution in [2.45, 2.75) is 4.90 Å². The summed E-state index contributed by atoms with van der Waals surface area (Å²) in [5.74, 6) is -1.01. The van der Waals surface area contributed by atoms with Crippen LogP contribution in [0.4, 0.5) is 15.8 Å². The number of carbonyl (C=O) groups is 1. The number of benzene rings is 2. The Balaban J connectivity index is 1.54. The van der Waals surface area contributed by atoms with E-state index < -0.39 is 20.8 Å². The Bertz CT molecular complexity index is 1060. The molecule has 0 saturated carbocycles. The van der Waals surface area contributed by atoms with Gasteiger partial charge >= 0.3 is 0 Å². The van der Waals surface area contributed by atoms with Gasteiger partial charge in [-0.2, -0.15) is 4.31 Å². The van der Waals surface area contributed by atoms with Gasteiger partial charge in [-0.3, -0.25) is 19.8 Å². The molecule has 0 atom stereocenters. The maximum Gasteiger partial charge on any atom is 0.269 e. The van der Waals surface area contributed by atoms with Crippen molar-refractivity contribution >= 4 is 38.9 Å². The molecule has 0 aromatic heterocycles. The van der Waals surface area contributed by atoms with Crippen molar-refractivity contribution < 1.29 is 22.5 Å². The maximum absolute atomic E-state index is 13.3. The van der Waals surface area contributed by atoms with Gasteiger partial charge in [0.05, 0.1) is 21.4 Å². The average molecular weight is 457 g/mol. The monoisotopic (exact) mass is 456 g/mol. The van der Waals surface area contributed by atoms with Gasteiger partial charge in [-0.15, -0.1) is 0 Å². The number of halogens is 2. The maximum atomic E-state index is 13.3. The van der Waals surface area contributed by atoms with E-state index in [1.54, 1.807) is 4.90 Å². The highest BCUT2D eigenvalue weighted by Gasteiger charge is 2.29. The topological polar surface area (TPSA) is 113 Å². The largest absolute Gasteiger partial charge is 0.325 e.